The van der Waals surface area contributed by atoms with Gasteiger partial charge in [0.25, 0.3) is 5.91 Å². The number of nitrogens with one attached hydrogen (secondary N) is 1. The molecule has 127 valence electrons. The van der Waals surface area contributed by atoms with Crippen LogP contribution >= 0.6 is 0 Å². The second kappa shape index (κ2) is 8.42. The van der Waals surface area contributed by atoms with Crippen molar-refractivity contribution in [2.75, 3.05) is 39.1 Å². The first-order chi connectivity index (χ1) is 11.0. The molecule has 0 aliphatic carbocycles. The molecule has 1 radical (unpaired) electrons. The molecule has 0 unspecified atom stereocenters. The average Bonchev–Trinajstić information content (AvgIpc) is 2.54. The molecule has 0 aromatic heterocycles. The second-order valence-corrected chi connectivity index (χ2v) is 7.38. The lowest BCUT2D eigenvalue weighted by Crippen LogP contribution is -2.40. The first-order valence-corrected chi connectivity index (χ1v) is 9.60. The Kier molecular flexibility index (Phi) is 6.56. The number of ether oxygens (including phenoxy) is 1. The maximum absolute atomic E-state index is 12.4. The van der Waals surface area contributed by atoms with Crippen molar-refractivity contribution < 1.29 is 17.9 Å². The van der Waals surface area contributed by atoms with Crippen LogP contribution in [0.25, 0.3) is 0 Å². The average molecular weight is 339 g/mol. The Balaban J connectivity index is 1.83. The number of morpholine rings is 1. The van der Waals surface area contributed by atoms with Crippen LogP contribution in [0.5, 0.6) is 0 Å². The maximum atomic E-state index is 12.4. The number of carbonyl (C=O) groups excluding carboxylic acids is 1. The van der Waals surface area contributed by atoms with Gasteiger partial charge in [0.1, 0.15) is 0 Å². The predicted octanol–water partition coefficient (Wildman–Crippen LogP) is 1.04. The standard InChI is InChI=1S/C16H23N2O4S/c1-23(20,21)17-8-3-2-5-14-6-4-7-15(13-14)16(19)18-9-11-22-12-10-18/h4-7,13,17H,2-3,8-12H2,1H3. The molecule has 1 fully saturated rings. The van der Waals surface area contributed by atoms with Gasteiger partial charge in [0.2, 0.25) is 10.0 Å². The molecule has 1 aromatic rings. The number of hydrogen-bond donors (Lipinski definition) is 1. The summed E-state index contributed by atoms with van der Waals surface area (Å²) in [7, 11) is -3.12. The van der Waals surface area contributed by atoms with Crippen molar-refractivity contribution in [3.63, 3.8) is 0 Å². The topological polar surface area (TPSA) is 75.7 Å². The summed E-state index contributed by atoms with van der Waals surface area (Å²) in [6.07, 6.45) is 4.63. The van der Waals surface area contributed by atoms with Crippen LogP contribution < -0.4 is 4.72 Å². The molecule has 1 N–H and O–H groups in total. The molecule has 0 spiro atoms. The summed E-state index contributed by atoms with van der Waals surface area (Å²) in [6.45, 7) is 2.85. The number of sulfonamides is 1. The van der Waals surface area contributed by atoms with Gasteiger partial charge < -0.3 is 9.64 Å². The third-order valence-electron chi connectivity index (χ3n) is 3.56. The van der Waals surface area contributed by atoms with Crippen LogP contribution in [0, 0.1) is 6.42 Å². The van der Waals surface area contributed by atoms with Crippen LogP contribution in [0.2, 0.25) is 0 Å². The largest absolute Gasteiger partial charge is 0.378 e. The van der Waals surface area contributed by atoms with Crippen LogP contribution in [-0.4, -0.2) is 58.3 Å². The van der Waals surface area contributed by atoms with E-state index in [1.165, 1.54) is 0 Å². The molecule has 2 rings (SSSR count). The molecule has 0 atom stereocenters. The van der Waals surface area contributed by atoms with Gasteiger partial charge in [-0.05, 0) is 37.0 Å². The van der Waals surface area contributed by atoms with Crippen molar-refractivity contribution in [3.05, 3.63) is 41.8 Å². The Morgan fingerprint density at radius 3 is 2.78 bits per heavy atom. The van der Waals surface area contributed by atoms with E-state index in [9.17, 15) is 13.2 Å². The van der Waals surface area contributed by atoms with Crippen molar-refractivity contribution in [1.82, 2.24) is 9.62 Å². The fourth-order valence-electron chi connectivity index (χ4n) is 2.38. The highest BCUT2D eigenvalue weighted by atomic mass is 32.2. The minimum absolute atomic E-state index is 0.0299. The van der Waals surface area contributed by atoms with Crippen LogP contribution in [0.3, 0.4) is 0 Å². The van der Waals surface area contributed by atoms with E-state index >= 15 is 0 Å². The van der Waals surface area contributed by atoms with Crippen LogP contribution in [-0.2, 0) is 14.8 Å². The minimum atomic E-state index is -3.12. The van der Waals surface area contributed by atoms with Gasteiger partial charge in [-0.1, -0.05) is 12.1 Å². The summed E-state index contributed by atoms with van der Waals surface area (Å²) < 4.78 is 29.6. The van der Waals surface area contributed by atoms with Crippen molar-refractivity contribution in [2.24, 2.45) is 0 Å². The van der Waals surface area contributed by atoms with Gasteiger partial charge in [-0.25, -0.2) is 13.1 Å². The van der Waals surface area contributed by atoms with Crippen molar-refractivity contribution >= 4 is 15.9 Å². The van der Waals surface area contributed by atoms with E-state index in [0.29, 0.717) is 44.8 Å². The Labute approximate surface area is 137 Å². The summed E-state index contributed by atoms with van der Waals surface area (Å²) >= 11 is 0. The van der Waals surface area contributed by atoms with E-state index in [1.807, 2.05) is 30.7 Å². The molecule has 6 nitrogen and oxygen atoms in total. The summed E-state index contributed by atoms with van der Waals surface area (Å²) in [4.78, 5) is 14.2. The smallest absolute Gasteiger partial charge is 0.254 e. The van der Waals surface area contributed by atoms with Crippen molar-refractivity contribution in [2.45, 2.75) is 12.8 Å². The third-order valence-corrected chi connectivity index (χ3v) is 4.29. The van der Waals surface area contributed by atoms with E-state index in [1.54, 1.807) is 4.90 Å². The lowest BCUT2D eigenvalue weighted by molar-refractivity contribution is 0.0303. The molecule has 1 aromatic carbocycles. The number of hydrogen-bond acceptors (Lipinski definition) is 4. The molecule has 0 bridgehead atoms. The molecule has 0 saturated carbocycles. The highest BCUT2D eigenvalue weighted by Gasteiger charge is 2.18. The second-order valence-electron chi connectivity index (χ2n) is 5.54. The number of nitrogens with zero attached hydrogens (tertiary/aromatic N) is 1. The van der Waals surface area contributed by atoms with Crippen LogP contribution in [0.4, 0.5) is 0 Å². The van der Waals surface area contributed by atoms with E-state index in [0.717, 1.165) is 18.2 Å². The first kappa shape index (κ1) is 17.9. The lowest BCUT2D eigenvalue weighted by atomic mass is 10.0. The van der Waals surface area contributed by atoms with Gasteiger partial charge in [-0.3, -0.25) is 4.79 Å². The fraction of sp³-hybridized carbons (Fsp3) is 0.500. The SMILES string of the molecule is CS(=O)(=O)NCCC[CH]c1cccc(C(=O)N2CCOCC2)c1. The van der Waals surface area contributed by atoms with Gasteiger partial charge >= 0.3 is 0 Å². The molecule has 1 amide bonds. The number of rotatable bonds is 7. The quantitative estimate of drug-likeness (QED) is 0.753. The summed E-state index contributed by atoms with van der Waals surface area (Å²) in [6, 6.07) is 7.51. The normalized spacial score (nSPS) is 15.6. The zero-order valence-corrected chi connectivity index (χ0v) is 14.1. The highest BCUT2D eigenvalue weighted by molar-refractivity contribution is 7.88. The third kappa shape index (κ3) is 6.29. The fourth-order valence-corrected chi connectivity index (χ4v) is 2.89. The molecule has 1 aliphatic heterocycles. The van der Waals surface area contributed by atoms with Crippen LogP contribution in [0.15, 0.2) is 24.3 Å². The Hall–Kier alpha value is -1.44. The molecule has 23 heavy (non-hydrogen) atoms. The van der Waals surface area contributed by atoms with E-state index in [-0.39, 0.29) is 5.91 Å². The zero-order chi connectivity index (χ0) is 16.7. The molecule has 1 saturated heterocycles. The minimum Gasteiger partial charge on any atom is -0.378 e. The van der Waals surface area contributed by atoms with Gasteiger partial charge in [0.05, 0.1) is 19.5 Å². The Morgan fingerprint density at radius 1 is 1.35 bits per heavy atom. The molecular weight excluding hydrogens is 316 g/mol. The molecule has 7 heteroatoms. The highest BCUT2D eigenvalue weighted by Crippen LogP contribution is 2.13. The summed E-state index contributed by atoms with van der Waals surface area (Å²) in [5, 5.41) is 0. The van der Waals surface area contributed by atoms with E-state index in [4.69, 9.17) is 4.74 Å². The number of unbranched alkanes of at least 4 members (excludes halogenated alkanes) is 1. The van der Waals surface area contributed by atoms with Crippen LogP contribution in [0.1, 0.15) is 28.8 Å². The number of carbonyl (C=O) groups is 1. The van der Waals surface area contributed by atoms with Crippen molar-refractivity contribution in [3.8, 4) is 0 Å². The number of amides is 1. The van der Waals surface area contributed by atoms with Gasteiger partial charge in [-0.15, -0.1) is 0 Å². The molecular formula is C16H23N2O4S. The van der Waals surface area contributed by atoms with Gasteiger partial charge in [-0.2, -0.15) is 0 Å². The molecule has 1 aliphatic rings. The van der Waals surface area contributed by atoms with Crippen molar-refractivity contribution in [1.29, 1.82) is 0 Å². The zero-order valence-electron chi connectivity index (χ0n) is 13.3. The van der Waals surface area contributed by atoms with Gasteiger partial charge in [0.15, 0.2) is 0 Å². The molecule has 1 heterocycles. The predicted molar refractivity (Wildman–Crippen MR) is 88.6 cm³/mol. The first-order valence-electron chi connectivity index (χ1n) is 7.71. The van der Waals surface area contributed by atoms with E-state index < -0.39 is 10.0 Å². The Morgan fingerprint density at radius 2 is 2.09 bits per heavy atom. The maximum Gasteiger partial charge on any atom is 0.254 e. The number of benzene rings is 1. The summed E-state index contributed by atoms with van der Waals surface area (Å²) in [5.41, 5.74) is 1.65. The lowest BCUT2D eigenvalue weighted by Gasteiger charge is -2.27. The monoisotopic (exact) mass is 339 g/mol. The Bertz CT molecular complexity index is 625. The van der Waals surface area contributed by atoms with E-state index in [2.05, 4.69) is 4.72 Å². The van der Waals surface area contributed by atoms with Gasteiger partial charge in [0, 0.05) is 25.2 Å². The summed E-state index contributed by atoms with van der Waals surface area (Å²) in [5.74, 6) is 0.0299.